The summed E-state index contributed by atoms with van der Waals surface area (Å²) >= 11 is 0. The van der Waals surface area contributed by atoms with Gasteiger partial charge in [0.05, 0.1) is 0 Å². The second kappa shape index (κ2) is 6.90. The smallest absolute Gasteiger partial charge is 0.370 e. The second-order valence-corrected chi connectivity index (χ2v) is 8.01. The molecule has 4 rings (SSSR count). The molecule has 140 valence electrons. The normalized spacial score (nSPS) is 27.5. The van der Waals surface area contributed by atoms with Crippen LogP contribution in [-0.2, 0) is 29.9 Å². The molecule has 1 unspecified atom stereocenters. The minimum absolute atomic E-state index is 0.337. The number of rotatable bonds is 5. The van der Waals surface area contributed by atoms with Gasteiger partial charge < -0.3 is 14.3 Å². The molecule has 27 heavy (non-hydrogen) atoms. The number of carbonyl (C=O) groups excluding carboxylic acids is 1. The Hall–Kier alpha value is -2.51. The summed E-state index contributed by atoms with van der Waals surface area (Å²) in [6.45, 7) is 4.08. The zero-order chi connectivity index (χ0) is 19.0. The van der Waals surface area contributed by atoms with Crippen molar-refractivity contribution < 1.29 is 23.3 Å². The molecule has 2 aromatic carbocycles. The first-order valence-corrected chi connectivity index (χ1v) is 9.85. The summed E-state index contributed by atoms with van der Waals surface area (Å²) in [6.07, 6.45) is -0.904. The van der Waals surface area contributed by atoms with Crippen molar-refractivity contribution in [2.45, 2.75) is 30.0 Å². The fourth-order valence-electron chi connectivity index (χ4n) is 3.34. The number of aryl methyl sites for hydroxylation is 1. The van der Waals surface area contributed by atoms with Crippen molar-refractivity contribution in [1.29, 1.82) is 0 Å². The van der Waals surface area contributed by atoms with Crippen LogP contribution in [0.15, 0.2) is 64.6 Å². The molecule has 0 aromatic heterocycles. The van der Waals surface area contributed by atoms with E-state index in [9.17, 15) is 9.00 Å². The highest BCUT2D eigenvalue weighted by atomic mass is 32.2. The van der Waals surface area contributed by atoms with Crippen molar-refractivity contribution in [3.8, 4) is 0 Å². The van der Waals surface area contributed by atoms with Gasteiger partial charge in [-0.05, 0) is 26.0 Å². The molecule has 1 saturated heterocycles. The second-order valence-electron chi connectivity index (χ2n) is 6.39. The van der Waals surface area contributed by atoms with Crippen molar-refractivity contribution >= 4 is 22.5 Å². The van der Waals surface area contributed by atoms with E-state index in [-0.39, 0.29) is 0 Å². The molecule has 2 heterocycles. The van der Waals surface area contributed by atoms with E-state index in [4.69, 9.17) is 14.3 Å². The zero-order valence-corrected chi connectivity index (χ0v) is 15.8. The van der Waals surface area contributed by atoms with E-state index < -0.39 is 33.9 Å². The van der Waals surface area contributed by atoms with Gasteiger partial charge in [0.2, 0.25) is 6.29 Å². The number of oxime groups is 1. The molecular formula is C20H19NO5S. The fraction of sp³-hybridized carbons (Fsp3) is 0.300. The molecule has 2 aliphatic rings. The molecule has 0 spiro atoms. The Bertz CT molecular complexity index is 912. The topological polar surface area (TPSA) is 74.2 Å². The lowest BCUT2D eigenvalue weighted by molar-refractivity contribution is -0.167. The molecule has 0 aliphatic carbocycles. The molecule has 1 fully saturated rings. The summed E-state index contributed by atoms with van der Waals surface area (Å²) in [5.41, 5.74) is 2.30. The Morgan fingerprint density at radius 1 is 1.15 bits per heavy atom. The predicted molar refractivity (Wildman–Crippen MR) is 99.4 cm³/mol. The number of fused-ring (bicyclic) bond motifs is 1. The molecule has 0 N–H and O–H groups in total. The van der Waals surface area contributed by atoms with Gasteiger partial charge in [0, 0.05) is 17.1 Å². The maximum atomic E-state index is 13.5. The highest BCUT2D eigenvalue weighted by molar-refractivity contribution is 7.87. The van der Waals surface area contributed by atoms with Crippen LogP contribution in [-0.4, -0.2) is 33.7 Å². The lowest BCUT2D eigenvalue weighted by Crippen LogP contribution is -2.47. The predicted octanol–water partition coefficient (Wildman–Crippen LogP) is 2.77. The van der Waals surface area contributed by atoms with E-state index in [2.05, 4.69) is 5.16 Å². The lowest BCUT2D eigenvalue weighted by Gasteiger charge is -2.23. The first-order valence-electron chi connectivity index (χ1n) is 8.70. The summed E-state index contributed by atoms with van der Waals surface area (Å²) in [4.78, 5) is 17.2. The van der Waals surface area contributed by atoms with Gasteiger partial charge in [-0.3, -0.25) is 0 Å². The molecule has 2 aromatic rings. The highest BCUT2D eigenvalue weighted by Crippen LogP contribution is 2.47. The number of esters is 1. The van der Waals surface area contributed by atoms with Crippen molar-refractivity contribution in [1.82, 2.24) is 0 Å². The molecular weight excluding hydrogens is 366 g/mol. The van der Waals surface area contributed by atoms with Gasteiger partial charge in [-0.2, -0.15) is 0 Å². The molecule has 6 nitrogen and oxygen atoms in total. The average Bonchev–Trinajstić information content (AvgIpc) is 3.21. The van der Waals surface area contributed by atoms with Crippen LogP contribution in [0.5, 0.6) is 0 Å². The number of cyclic esters (lactones) is 1. The molecule has 0 radical (unpaired) electrons. The first kappa shape index (κ1) is 17.9. The largest absolute Gasteiger partial charge is 0.431 e. The van der Waals surface area contributed by atoms with Crippen molar-refractivity contribution in [2.75, 3.05) is 6.61 Å². The van der Waals surface area contributed by atoms with Gasteiger partial charge in [0.25, 0.3) is 0 Å². The van der Waals surface area contributed by atoms with Crippen LogP contribution >= 0.6 is 0 Å². The lowest BCUT2D eigenvalue weighted by atomic mass is 9.93. The summed E-state index contributed by atoms with van der Waals surface area (Å²) in [5.74, 6) is -1.45. The van der Waals surface area contributed by atoms with Gasteiger partial charge in [-0.25, -0.2) is 9.00 Å². The third-order valence-electron chi connectivity index (χ3n) is 4.67. The van der Waals surface area contributed by atoms with Gasteiger partial charge in [0.1, 0.15) is 22.4 Å². The standard InChI is InChI=1S/C20H19NO5S/c1-3-24-18-16-17(14-7-5-4-6-8-14)21-26-20(16,19(22)25-18)27(23)15-11-9-13(2)10-12-15/h4-12,16,18H,3H2,1-2H3/t16-,18-,20+,27?/m0/s1. The van der Waals surface area contributed by atoms with Crippen molar-refractivity contribution in [2.24, 2.45) is 11.1 Å². The molecule has 0 amide bonds. The Morgan fingerprint density at radius 2 is 1.85 bits per heavy atom. The average molecular weight is 385 g/mol. The van der Waals surface area contributed by atoms with E-state index in [1.165, 1.54) is 0 Å². The van der Waals surface area contributed by atoms with Crippen molar-refractivity contribution in [3.63, 3.8) is 0 Å². The summed E-state index contributed by atoms with van der Waals surface area (Å²) in [5, 5.41) is 4.15. The van der Waals surface area contributed by atoms with Crippen LogP contribution in [0.4, 0.5) is 0 Å². The minimum atomic E-state index is -1.83. The van der Waals surface area contributed by atoms with Crippen molar-refractivity contribution in [3.05, 3.63) is 65.7 Å². The number of nitrogens with zero attached hydrogens (tertiary/aromatic N) is 1. The Balaban J connectivity index is 1.79. The fourth-order valence-corrected chi connectivity index (χ4v) is 4.83. The monoisotopic (exact) mass is 385 g/mol. The van der Waals surface area contributed by atoms with Crippen LogP contribution < -0.4 is 0 Å². The van der Waals surface area contributed by atoms with Crippen LogP contribution in [0.3, 0.4) is 0 Å². The van der Waals surface area contributed by atoms with Crippen LogP contribution in [0.25, 0.3) is 0 Å². The maximum absolute atomic E-state index is 13.5. The summed E-state index contributed by atoms with van der Waals surface area (Å²) < 4.78 is 24.5. The van der Waals surface area contributed by atoms with E-state index in [1.54, 1.807) is 19.1 Å². The first-order chi connectivity index (χ1) is 13.1. The van der Waals surface area contributed by atoms with E-state index in [0.717, 1.165) is 11.1 Å². The van der Waals surface area contributed by atoms with Crippen LogP contribution in [0, 0.1) is 12.8 Å². The third-order valence-corrected chi connectivity index (χ3v) is 6.42. The SMILES string of the molecule is CCO[C@H]1OC(=O)[C@@]2(S(=O)c3ccc(C)cc3)ON=C(c3ccccc3)[C@@H]12. The van der Waals surface area contributed by atoms with Crippen LogP contribution in [0.2, 0.25) is 0 Å². The molecule has 7 heteroatoms. The Morgan fingerprint density at radius 3 is 2.52 bits per heavy atom. The van der Waals surface area contributed by atoms with E-state index in [0.29, 0.717) is 17.2 Å². The molecule has 0 saturated carbocycles. The quantitative estimate of drug-likeness (QED) is 0.740. The highest BCUT2D eigenvalue weighted by Gasteiger charge is 2.70. The van der Waals surface area contributed by atoms with Gasteiger partial charge in [-0.15, -0.1) is 0 Å². The van der Waals surface area contributed by atoms with Gasteiger partial charge in [0.15, 0.2) is 0 Å². The Kier molecular flexibility index (Phi) is 4.57. The van der Waals surface area contributed by atoms with Crippen LogP contribution in [0.1, 0.15) is 18.1 Å². The number of carbonyl (C=O) groups is 1. The molecule has 2 aliphatic heterocycles. The maximum Gasteiger partial charge on any atom is 0.370 e. The third kappa shape index (κ3) is 2.78. The molecule has 4 atom stereocenters. The molecule has 0 bridgehead atoms. The zero-order valence-electron chi connectivity index (χ0n) is 15.0. The van der Waals surface area contributed by atoms with E-state index in [1.807, 2.05) is 49.4 Å². The summed E-state index contributed by atoms with van der Waals surface area (Å²) in [6, 6.07) is 16.5. The van der Waals surface area contributed by atoms with E-state index >= 15 is 0 Å². The van der Waals surface area contributed by atoms with Gasteiger partial charge in [-0.1, -0.05) is 53.2 Å². The number of hydrogen-bond donors (Lipinski definition) is 0. The Labute approximate surface area is 159 Å². The number of benzene rings is 2. The minimum Gasteiger partial charge on any atom is -0.431 e. The number of ether oxygens (including phenoxy) is 2. The van der Waals surface area contributed by atoms with Gasteiger partial charge >= 0.3 is 10.9 Å². The number of hydrogen-bond acceptors (Lipinski definition) is 6. The summed E-state index contributed by atoms with van der Waals surface area (Å²) in [7, 11) is -1.83.